The lowest BCUT2D eigenvalue weighted by molar-refractivity contribution is -0.131. The second-order valence-corrected chi connectivity index (χ2v) is 9.63. The van der Waals surface area contributed by atoms with Gasteiger partial charge in [0.2, 0.25) is 5.91 Å². The van der Waals surface area contributed by atoms with E-state index in [2.05, 4.69) is 49.9 Å². The van der Waals surface area contributed by atoms with Crippen molar-refractivity contribution in [2.75, 3.05) is 31.1 Å². The molecule has 1 amide bonds. The van der Waals surface area contributed by atoms with Crippen molar-refractivity contribution in [2.45, 2.75) is 52.4 Å². The van der Waals surface area contributed by atoms with E-state index < -0.39 is 0 Å². The summed E-state index contributed by atoms with van der Waals surface area (Å²) in [6.07, 6.45) is 5.77. The smallest absolute Gasteiger partial charge is 0.222 e. The van der Waals surface area contributed by atoms with Crippen LogP contribution in [0.25, 0.3) is 16.7 Å². The van der Waals surface area contributed by atoms with Crippen molar-refractivity contribution < 1.29 is 4.79 Å². The number of carbonyl (C=O) groups is 1. The molecular weight excluding hydrogens is 400 g/mol. The van der Waals surface area contributed by atoms with Gasteiger partial charge in [0.1, 0.15) is 11.6 Å². The van der Waals surface area contributed by atoms with E-state index in [-0.39, 0.29) is 5.91 Å². The van der Waals surface area contributed by atoms with E-state index in [1.54, 1.807) is 0 Å². The highest BCUT2D eigenvalue weighted by Crippen LogP contribution is 2.40. The lowest BCUT2D eigenvalue weighted by Crippen LogP contribution is -2.36. The van der Waals surface area contributed by atoms with Gasteiger partial charge in [-0.15, -0.1) is 0 Å². The number of carbonyl (C=O) groups excluding carboxylic acids is 1. The number of rotatable bonds is 5. The Bertz CT molecular complexity index is 1120. The fourth-order valence-electron chi connectivity index (χ4n) is 4.41. The maximum Gasteiger partial charge on any atom is 0.222 e. The first-order valence-electron chi connectivity index (χ1n) is 11.8. The summed E-state index contributed by atoms with van der Waals surface area (Å²) in [6, 6.07) is 8.38. The minimum atomic E-state index is 0.264. The molecule has 3 heterocycles. The van der Waals surface area contributed by atoms with Crippen molar-refractivity contribution in [3.8, 4) is 5.69 Å². The fraction of sp³-hybridized carbons (Fsp3) is 0.520. The summed E-state index contributed by atoms with van der Waals surface area (Å²) in [5.41, 5.74) is 3.11. The molecule has 2 aromatic heterocycles. The highest BCUT2D eigenvalue weighted by molar-refractivity contribution is 5.88. The van der Waals surface area contributed by atoms with E-state index in [1.165, 1.54) is 5.56 Å². The van der Waals surface area contributed by atoms with Crippen LogP contribution in [0.4, 0.5) is 5.82 Å². The molecule has 1 aliphatic carbocycles. The van der Waals surface area contributed by atoms with Crippen molar-refractivity contribution in [3.05, 3.63) is 41.9 Å². The lowest BCUT2D eigenvalue weighted by atomic mass is 10.1. The molecule has 0 radical (unpaired) electrons. The molecule has 1 saturated heterocycles. The molecule has 7 nitrogen and oxygen atoms in total. The maximum atomic E-state index is 12.6. The normalized spacial score (nSPS) is 17.2. The largest absolute Gasteiger partial charge is 0.354 e. The van der Waals surface area contributed by atoms with E-state index in [0.717, 1.165) is 73.8 Å². The molecule has 0 atom stereocenters. The summed E-state index contributed by atoms with van der Waals surface area (Å²) in [7, 11) is 0. The van der Waals surface area contributed by atoms with Gasteiger partial charge in [-0.05, 0) is 44.2 Å². The van der Waals surface area contributed by atoms with Crippen LogP contribution in [0.5, 0.6) is 0 Å². The Morgan fingerprint density at radius 3 is 2.56 bits per heavy atom. The van der Waals surface area contributed by atoms with Crippen LogP contribution in [0.1, 0.15) is 56.8 Å². The second-order valence-electron chi connectivity index (χ2n) is 9.63. The molecule has 32 heavy (non-hydrogen) atoms. The minimum absolute atomic E-state index is 0.264. The molecule has 2 fully saturated rings. The monoisotopic (exact) mass is 432 g/mol. The molecule has 7 heteroatoms. The van der Waals surface area contributed by atoms with Gasteiger partial charge in [0.25, 0.3) is 0 Å². The van der Waals surface area contributed by atoms with Crippen molar-refractivity contribution in [1.29, 1.82) is 0 Å². The van der Waals surface area contributed by atoms with Crippen LogP contribution in [0.3, 0.4) is 0 Å². The zero-order chi connectivity index (χ0) is 22.2. The van der Waals surface area contributed by atoms with Crippen LogP contribution < -0.4 is 4.90 Å². The fourth-order valence-corrected chi connectivity index (χ4v) is 4.41. The molecule has 1 aliphatic heterocycles. The van der Waals surface area contributed by atoms with Gasteiger partial charge in [-0.25, -0.2) is 14.6 Å². The first-order chi connectivity index (χ1) is 15.5. The highest BCUT2D eigenvalue weighted by atomic mass is 16.2. The van der Waals surface area contributed by atoms with Gasteiger partial charge in [-0.3, -0.25) is 4.79 Å². The number of benzene rings is 1. The maximum absolute atomic E-state index is 12.6. The topological polar surface area (TPSA) is 67.2 Å². The van der Waals surface area contributed by atoms with Crippen molar-refractivity contribution in [1.82, 2.24) is 24.6 Å². The Labute approximate surface area is 189 Å². The van der Waals surface area contributed by atoms with Crippen LogP contribution in [0, 0.1) is 12.8 Å². The van der Waals surface area contributed by atoms with Crippen LogP contribution in [0.2, 0.25) is 0 Å². The van der Waals surface area contributed by atoms with Gasteiger partial charge in [0.15, 0.2) is 5.65 Å². The quantitative estimate of drug-likeness (QED) is 0.608. The van der Waals surface area contributed by atoms with Gasteiger partial charge in [-0.2, -0.15) is 5.10 Å². The number of hydrogen-bond donors (Lipinski definition) is 0. The molecule has 0 unspecified atom stereocenters. The van der Waals surface area contributed by atoms with Gasteiger partial charge < -0.3 is 9.80 Å². The number of nitrogens with zero attached hydrogens (tertiary/aromatic N) is 6. The summed E-state index contributed by atoms with van der Waals surface area (Å²) in [5.74, 6) is 3.00. The molecule has 1 saturated carbocycles. The van der Waals surface area contributed by atoms with Crippen molar-refractivity contribution in [2.24, 2.45) is 5.92 Å². The summed E-state index contributed by atoms with van der Waals surface area (Å²) in [5, 5.41) is 5.68. The second kappa shape index (κ2) is 8.52. The Balaban J connectivity index is 1.48. The van der Waals surface area contributed by atoms with E-state index in [1.807, 2.05) is 15.8 Å². The molecule has 5 rings (SSSR count). The standard InChI is InChI=1S/C25H32N6O/c1-17(2)15-22(32)29-11-4-12-30(14-13-29)24-21-16-26-31(20-9-5-18(3)6-10-20)25(21)28-23(27-24)19-7-8-19/h5-6,9-10,16-17,19H,4,7-8,11-15H2,1-3H3. The first-order valence-corrected chi connectivity index (χ1v) is 11.8. The Kier molecular flexibility index (Phi) is 5.57. The minimum Gasteiger partial charge on any atom is -0.354 e. The van der Waals surface area contributed by atoms with Gasteiger partial charge in [0, 0.05) is 38.5 Å². The van der Waals surface area contributed by atoms with Crippen molar-refractivity contribution in [3.63, 3.8) is 0 Å². The summed E-state index contributed by atoms with van der Waals surface area (Å²) in [6.45, 7) is 9.52. The van der Waals surface area contributed by atoms with Crippen LogP contribution in [-0.2, 0) is 4.79 Å². The predicted octanol–water partition coefficient (Wildman–Crippen LogP) is 4.09. The molecule has 2 aliphatic rings. The summed E-state index contributed by atoms with van der Waals surface area (Å²) >= 11 is 0. The van der Waals surface area contributed by atoms with Crippen LogP contribution in [-0.4, -0.2) is 56.7 Å². The predicted molar refractivity (Wildman–Crippen MR) is 126 cm³/mol. The number of aryl methyl sites for hydroxylation is 1. The average molecular weight is 433 g/mol. The van der Waals surface area contributed by atoms with Crippen molar-refractivity contribution >= 4 is 22.8 Å². The third-order valence-electron chi connectivity index (χ3n) is 6.38. The number of fused-ring (bicyclic) bond motifs is 1. The highest BCUT2D eigenvalue weighted by Gasteiger charge is 2.30. The van der Waals surface area contributed by atoms with E-state index in [9.17, 15) is 4.79 Å². The molecule has 168 valence electrons. The Morgan fingerprint density at radius 1 is 1.06 bits per heavy atom. The third-order valence-corrected chi connectivity index (χ3v) is 6.38. The average Bonchev–Trinajstić information content (AvgIpc) is 3.57. The summed E-state index contributed by atoms with van der Waals surface area (Å²) < 4.78 is 1.93. The van der Waals surface area contributed by atoms with Gasteiger partial charge in [-0.1, -0.05) is 31.5 Å². The zero-order valence-electron chi connectivity index (χ0n) is 19.3. The molecule has 0 N–H and O–H groups in total. The SMILES string of the molecule is Cc1ccc(-n2ncc3c(N4CCCN(C(=O)CC(C)C)CC4)nc(C4CC4)nc32)cc1. The van der Waals surface area contributed by atoms with E-state index in [0.29, 0.717) is 18.3 Å². The number of hydrogen-bond acceptors (Lipinski definition) is 5. The van der Waals surface area contributed by atoms with E-state index >= 15 is 0 Å². The van der Waals surface area contributed by atoms with Gasteiger partial charge in [0.05, 0.1) is 17.3 Å². The van der Waals surface area contributed by atoms with Gasteiger partial charge >= 0.3 is 0 Å². The third kappa shape index (κ3) is 4.20. The summed E-state index contributed by atoms with van der Waals surface area (Å²) in [4.78, 5) is 27.0. The Hall–Kier alpha value is -2.96. The zero-order valence-corrected chi connectivity index (χ0v) is 19.3. The number of anilines is 1. The number of aromatic nitrogens is 4. The first kappa shape index (κ1) is 20.9. The number of amides is 1. The van der Waals surface area contributed by atoms with E-state index in [4.69, 9.17) is 15.1 Å². The molecule has 0 bridgehead atoms. The Morgan fingerprint density at radius 2 is 1.84 bits per heavy atom. The van der Waals surface area contributed by atoms with Crippen LogP contribution >= 0.6 is 0 Å². The van der Waals surface area contributed by atoms with Crippen LogP contribution in [0.15, 0.2) is 30.5 Å². The lowest BCUT2D eigenvalue weighted by Gasteiger charge is -2.24. The molecule has 1 aromatic carbocycles. The molecular formula is C25H32N6O. The molecule has 0 spiro atoms. The molecule has 3 aromatic rings.